The van der Waals surface area contributed by atoms with Crippen LogP contribution in [0.5, 0.6) is 0 Å². The van der Waals surface area contributed by atoms with E-state index in [4.69, 9.17) is 4.74 Å². The molecule has 0 aliphatic carbocycles. The number of likely N-dealkylation sites (N-methyl/N-ethyl adjacent to an activating group) is 1. The molecule has 1 N–H and O–H groups in total. The number of carbonyl (C=O) groups excluding carboxylic acids is 1. The normalized spacial score (nSPS) is 22.0. The van der Waals surface area contributed by atoms with Gasteiger partial charge in [-0.3, -0.25) is 4.79 Å². The smallest absolute Gasteiger partial charge is 0.263 e. The van der Waals surface area contributed by atoms with Crippen molar-refractivity contribution in [2.75, 3.05) is 19.1 Å². The number of hydrogen-bond donors (Lipinski definition) is 1. The quantitative estimate of drug-likeness (QED) is 0.870. The number of benzene rings is 1. The third kappa shape index (κ3) is 1.83. The minimum absolute atomic E-state index is 0.0517. The summed E-state index contributed by atoms with van der Waals surface area (Å²) < 4.78 is 5.78. The second kappa shape index (κ2) is 4.40. The molecule has 4 nitrogen and oxygen atoms in total. The van der Waals surface area contributed by atoms with E-state index in [1.807, 2.05) is 6.07 Å². The Balaban J connectivity index is 2.53. The second-order valence-corrected chi connectivity index (χ2v) is 5.22. The first-order valence-electron chi connectivity index (χ1n) is 5.42. The summed E-state index contributed by atoms with van der Waals surface area (Å²) >= 11 is 3.35. The molecule has 1 aliphatic heterocycles. The van der Waals surface area contributed by atoms with Gasteiger partial charge in [-0.15, -0.1) is 0 Å². The van der Waals surface area contributed by atoms with E-state index >= 15 is 0 Å². The van der Waals surface area contributed by atoms with Gasteiger partial charge in [0.1, 0.15) is 0 Å². The van der Waals surface area contributed by atoms with Gasteiger partial charge in [-0.05, 0) is 18.2 Å². The summed E-state index contributed by atoms with van der Waals surface area (Å²) in [6.45, 7) is 3.67. The fourth-order valence-electron chi connectivity index (χ4n) is 2.16. The highest BCUT2D eigenvalue weighted by molar-refractivity contribution is 9.10. The van der Waals surface area contributed by atoms with E-state index in [-0.39, 0.29) is 12.3 Å². The number of methoxy groups -OCH3 is 1. The van der Waals surface area contributed by atoms with Crippen molar-refractivity contribution in [3.8, 4) is 0 Å². The number of fused-ring (bicyclic) bond motifs is 1. The van der Waals surface area contributed by atoms with Gasteiger partial charge in [0.2, 0.25) is 0 Å². The lowest BCUT2D eigenvalue weighted by Gasteiger charge is -2.22. The monoisotopic (exact) mass is 311 g/mol. The molecule has 0 spiro atoms. The highest BCUT2D eigenvalue weighted by Gasteiger charge is 2.49. The first-order valence-corrected chi connectivity index (χ1v) is 6.22. The van der Waals surface area contributed by atoms with Crippen LogP contribution in [0.3, 0.4) is 0 Å². The van der Waals surface area contributed by atoms with Crippen molar-refractivity contribution in [1.82, 2.24) is 0 Å². The van der Waals surface area contributed by atoms with Crippen molar-refractivity contribution in [3.05, 3.63) is 40.6 Å². The van der Waals surface area contributed by atoms with Crippen LogP contribution in [-0.2, 0) is 15.1 Å². The SMILES string of the molecule is C=C(C[C@]1(O)C(=O)N(C)c2ccc(Br)cc21)OC. The summed E-state index contributed by atoms with van der Waals surface area (Å²) in [5, 5.41) is 10.7. The fourth-order valence-corrected chi connectivity index (χ4v) is 2.52. The molecule has 0 saturated carbocycles. The third-order valence-electron chi connectivity index (χ3n) is 3.17. The Kier molecular flexibility index (Phi) is 3.21. The van der Waals surface area contributed by atoms with Crippen molar-refractivity contribution < 1.29 is 14.6 Å². The summed E-state index contributed by atoms with van der Waals surface area (Å²) in [5.41, 5.74) is -0.321. The second-order valence-electron chi connectivity index (χ2n) is 4.31. The van der Waals surface area contributed by atoms with E-state index in [1.165, 1.54) is 12.0 Å². The summed E-state index contributed by atoms with van der Waals surface area (Å²) in [7, 11) is 3.11. The number of carbonyl (C=O) groups is 1. The van der Waals surface area contributed by atoms with Gasteiger partial charge in [-0.25, -0.2) is 0 Å². The highest BCUT2D eigenvalue weighted by atomic mass is 79.9. The molecule has 1 heterocycles. The number of nitrogens with zero attached hydrogens (tertiary/aromatic N) is 1. The van der Waals surface area contributed by atoms with Crippen molar-refractivity contribution in [2.24, 2.45) is 0 Å². The van der Waals surface area contributed by atoms with Crippen molar-refractivity contribution in [2.45, 2.75) is 12.0 Å². The van der Waals surface area contributed by atoms with Crippen molar-refractivity contribution in [1.29, 1.82) is 0 Å². The van der Waals surface area contributed by atoms with Crippen LogP contribution in [0.25, 0.3) is 0 Å². The number of amides is 1. The van der Waals surface area contributed by atoms with Crippen LogP contribution in [0, 0.1) is 0 Å². The molecule has 2 rings (SSSR count). The maximum atomic E-state index is 12.2. The molecule has 1 amide bonds. The topological polar surface area (TPSA) is 49.8 Å². The Labute approximate surface area is 114 Å². The molecule has 0 saturated heterocycles. The maximum Gasteiger partial charge on any atom is 0.263 e. The summed E-state index contributed by atoms with van der Waals surface area (Å²) in [6.07, 6.45) is 0.0517. The zero-order chi connectivity index (χ0) is 13.5. The average molecular weight is 312 g/mol. The average Bonchev–Trinajstić information content (AvgIpc) is 2.52. The fraction of sp³-hybridized carbons (Fsp3) is 0.308. The van der Waals surface area contributed by atoms with E-state index in [0.717, 1.165) is 4.47 Å². The number of ether oxygens (including phenoxy) is 1. The van der Waals surface area contributed by atoms with Gasteiger partial charge in [-0.1, -0.05) is 22.5 Å². The molecular formula is C13H14BrNO3. The third-order valence-corrected chi connectivity index (χ3v) is 3.66. The molecule has 0 radical (unpaired) electrons. The van der Waals surface area contributed by atoms with E-state index in [1.54, 1.807) is 19.2 Å². The van der Waals surface area contributed by atoms with Crippen LogP contribution < -0.4 is 4.90 Å². The molecule has 1 aromatic rings. The molecule has 0 unspecified atom stereocenters. The van der Waals surface area contributed by atoms with Gasteiger partial charge in [0, 0.05) is 23.5 Å². The van der Waals surface area contributed by atoms with E-state index < -0.39 is 5.60 Å². The van der Waals surface area contributed by atoms with Gasteiger partial charge in [0.05, 0.1) is 18.6 Å². The zero-order valence-electron chi connectivity index (χ0n) is 10.2. The minimum Gasteiger partial charge on any atom is -0.502 e. The van der Waals surface area contributed by atoms with Gasteiger partial charge in [0.15, 0.2) is 5.60 Å². The lowest BCUT2D eigenvalue weighted by molar-refractivity contribution is -0.136. The number of halogens is 1. The van der Waals surface area contributed by atoms with E-state index in [0.29, 0.717) is 17.0 Å². The Hall–Kier alpha value is -1.33. The Morgan fingerprint density at radius 2 is 2.28 bits per heavy atom. The molecule has 0 fully saturated rings. The number of hydrogen-bond acceptors (Lipinski definition) is 3. The molecule has 1 atom stereocenters. The minimum atomic E-state index is -1.60. The Morgan fingerprint density at radius 3 is 2.89 bits per heavy atom. The van der Waals surface area contributed by atoms with Crippen molar-refractivity contribution in [3.63, 3.8) is 0 Å². The van der Waals surface area contributed by atoms with Crippen LogP contribution >= 0.6 is 15.9 Å². The summed E-state index contributed by atoms with van der Waals surface area (Å²) in [6, 6.07) is 5.38. The molecule has 18 heavy (non-hydrogen) atoms. The first kappa shape index (κ1) is 13.1. The van der Waals surface area contributed by atoms with Gasteiger partial charge >= 0.3 is 0 Å². The number of anilines is 1. The van der Waals surface area contributed by atoms with Crippen LogP contribution in [0.2, 0.25) is 0 Å². The van der Waals surface area contributed by atoms with Crippen LogP contribution in [0.15, 0.2) is 35.0 Å². The number of aliphatic hydroxyl groups is 1. The molecular weight excluding hydrogens is 298 g/mol. The standard InChI is InChI=1S/C13H14BrNO3/c1-8(18-3)7-13(17)10-6-9(14)4-5-11(10)15(2)12(13)16/h4-6,17H,1,7H2,2-3H3/t13-/m1/s1. The lowest BCUT2D eigenvalue weighted by Crippen LogP contribution is -2.38. The summed E-state index contributed by atoms with van der Waals surface area (Å²) in [4.78, 5) is 13.7. The van der Waals surface area contributed by atoms with Crippen LogP contribution in [0.1, 0.15) is 12.0 Å². The predicted octanol–water partition coefficient (Wildman–Crippen LogP) is 2.16. The van der Waals surface area contributed by atoms with Crippen LogP contribution in [-0.4, -0.2) is 25.2 Å². The van der Waals surface area contributed by atoms with Gasteiger partial charge < -0.3 is 14.7 Å². The molecule has 0 bridgehead atoms. The molecule has 1 aromatic carbocycles. The summed E-state index contributed by atoms with van der Waals surface area (Å²) in [5.74, 6) is 0.000811. The molecule has 96 valence electrons. The zero-order valence-corrected chi connectivity index (χ0v) is 11.8. The Bertz CT molecular complexity index is 529. The van der Waals surface area contributed by atoms with Gasteiger partial charge in [0.25, 0.3) is 5.91 Å². The predicted molar refractivity (Wildman–Crippen MR) is 72.2 cm³/mol. The van der Waals surface area contributed by atoms with Crippen LogP contribution in [0.4, 0.5) is 5.69 Å². The van der Waals surface area contributed by atoms with E-state index in [2.05, 4.69) is 22.5 Å². The molecule has 1 aliphatic rings. The lowest BCUT2D eigenvalue weighted by atomic mass is 9.91. The highest BCUT2D eigenvalue weighted by Crippen LogP contribution is 2.43. The van der Waals surface area contributed by atoms with Crippen molar-refractivity contribution >= 4 is 27.5 Å². The largest absolute Gasteiger partial charge is 0.502 e. The number of rotatable bonds is 3. The Morgan fingerprint density at radius 1 is 1.61 bits per heavy atom. The molecule has 5 heteroatoms. The van der Waals surface area contributed by atoms with Gasteiger partial charge in [-0.2, -0.15) is 0 Å². The van der Waals surface area contributed by atoms with E-state index in [9.17, 15) is 9.90 Å². The maximum absolute atomic E-state index is 12.2. The first-order chi connectivity index (χ1) is 8.40. The molecule has 0 aromatic heterocycles.